The van der Waals surface area contributed by atoms with Crippen LogP contribution in [0.15, 0.2) is 182 Å². The van der Waals surface area contributed by atoms with E-state index in [9.17, 15) is 0 Å². The van der Waals surface area contributed by atoms with Crippen molar-refractivity contribution in [3.05, 3.63) is 182 Å². The molecule has 236 valence electrons. The summed E-state index contributed by atoms with van der Waals surface area (Å²) in [4.78, 5) is 0. The summed E-state index contributed by atoms with van der Waals surface area (Å²) in [5.74, 6) is 0. The maximum absolute atomic E-state index is 2.40. The van der Waals surface area contributed by atoms with E-state index < -0.39 is 0 Å². The summed E-state index contributed by atoms with van der Waals surface area (Å²) < 4.78 is 2.72. The molecule has 51 heavy (non-hydrogen) atoms. The molecule has 0 aliphatic heterocycles. The van der Waals surface area contributed by atoms with Crippen LogP contribution in [0.25, 0.3) is 107 Å². The molecular weight excluding hydrogens is 633 g/mol. The number of rotatable bonds is 3. The Kier molecular flexibility index (Phi) is 6.22. The highest BCUT2D eigenvalue weighted by molar-refractivity contribution is 7.27. The molecule has 0 atom stereocenters. The third-order valence-electron chi connectivity index (χ3n) is 10.8. The van der Waals surface area contributed by atoms with Crippen molar-refractivity contribution >= 4 is 85.4 Å². The lowest BCUT2D eigenvalue weighted by molar-refractivity contribution is 1.63. The molecular formula is C50H30S. The van der Waals surface area contributed by atoms with Crippen molar-refractivity contribution in [3.8, 4) is 33.4 Å². The summed E-state index contributed by atoms with van der Waals surface area (Å²) in [6.07, 6.45) is 0. The van der Waals surface area contributed by atoms with Crippen LogP contribution < -0.4 is 0 Å². The van der Waals surface area contributed by atoms with Crippen LogP contribution in [0.5, 0.6) is 0 Å². The number of hydrogen-bond donors (Lipinski definition) is 0. The van der Waals surface area contributed by atoms with Gasteiger partial charge in [-0.3, -0.25) is 0 Å². The first-order chi connectivity index (χ1) is 25.3. The highest BCUT2D eigenvalue weighted by atomic mass is 32.1. The zero-order chi connectivity index (χ0) is 33.5. The van der Waals surface area contributed by atoms with Gasteiger partial charge >= 0.3 is 0 Å². The van der Waals surface area contributed by atoms with Crippen molar-refractivity contribution in [3.63, 3.8) is 0 Å². The molecule has 0 aliphatic carbocycles. The minimum Gasteiger partial charge on any atom is -0.135 e. The average molecular weight is 663 g/mol. The summed E-state index contributed by atoms with van der Waals surface area (Å²) >= 11 is 1.91. The SMILES string of the molecule is c1ccc2c(-c3c4ccccc4c(-c4ccc(-c5ccc6c(c5)c5ccccc5c5c7ccccc7sc65)cc4)c4ccccc34)cccc2c1. The van der Waals surface area contributed by atoms with E-state index in [2.05, 4.69) is 182 Å². The predicted octanol–water partition coefficient (Wildman–Crippen LogP) is 14.8. The Bertz CT molecular complexity index is 3120. The average Bonchev–Trinajstić information content (AvgIpc) is 3.60. The predicted molar refractivity (Wildman–Crippen MR) is 223 cm³/mol. The lowest BCUT2D eigenvalue weighted by atomic mass is 9.84. The van der Waals surface area contributed by atoms with Crippen molar-refractivity contribution in [1.29, 1.82) is 0 Å². The van der Waals surface area contributed by atoms with Gasteiger partial charge in [0, 0.05) is 25.6 Å². The Morgan fingerprint density at radius 2 is 0.824 bits per heavy atom. The van der Waals surface area contributed by atoms with E-state index in [4.69, 9.17) is 0 Å². The normalized spacial score (nSPS) is 11.9. The molecule has 0 unspecified atom stereocenters. The molecule has 1 aromatic heterocycles. The van der Waals surface area contributed by atoms with Gasteiger partial charge in [0.25, 0.3) is 0 Å². The topological polar surface area (TPSA) is 0 Å². The highest BCUT2D eigenvalue weighted by Crippen LogP contribution is 2.47. The Morgan fingerprint density at radius 3 is 1.55 bits per heavy atom. The van der Waals surface area contributed by atoms with Crippen LogP contribution in [0.4, 0.5) is 0 Å². The van der Waals surface area contributed by atoms with Gasteiger partial charge in [-0.05, 0) is 94.0 Å². The van der Waals surface area contributed by atoms with E-state index in [1.165, 1.54) is 107 Å². The highest BCUT2D eigenvalue weighted by Gasteiger charge is 2.19. The van der Waals surface area contributed by atoms with Gasteiger partial charge in [0.1, 0.15) is 0 Å². The maximum Gasteiger partial charge on any atom is 0.0440 e. The lowest BCUT2D eigenvalue weighted by Gasteiger charge is -2.19. The van der Waals surface area contributed by atoms with E-state index >= 15 is 0 Å². The van der Waals surface area contributed by atoms with Crippen molar-refractivity contribution in [2.24, 2.45) is 0 Å². The molecule has 11 rings (SSSR count). The van der Waals surface area contributed by atoms with Crippen molar-refractivity contribution in [2.75, 3.05) is 0 Å². The van der Waals surface area contributed by atoms with Crippen LogP contribution in [-0.4, -0.2) is 0 Å². The summed E-state index contributed by atoms with van der Waals surface area (Å²) in [7, 11) is 0. The molecule has 0 N–H and O–H groups in total. The van der Waals surface area contributed by atoms with Gasteiger partial charge in [0.15, 0.2) is 0 Å². The molecule has 0 amide bonds. The van der Waals surface area contributed by atoms with Crippen molar-refractivity contribution in [1.82, 2.24) is 0 Å². The second-order valence-electron chi connectivity index (χ2n) is 13.6. The van der Waals surface area contributed by atoms with Gasteiger partial charge in [-0.15, -0.1) is 11.3 Å². The van der Waals surface area contributed by atoms with Crippen LogP contribution >= 0.6 is 11.3 Å². The molecule has 0 spiro atoms. The smallest absolute Gasteiger partial charge is 0.0440 e. The third-order valence-corrected chi connectivity index (χ3v) is 12.0. The summed E-state index contributed by atoms with van der Waals surface area (Å²) in [5.41, 5.74) is 7.55. The molecule has 0 bridgehead atoms. The molecule has 0 nitrogen and oxygen atoms in total. The standard InChI is InChI=1S/C50H30S/c1-2-14-35-32(12-1)13-11-22-37(35)48-41-19-7-5-17-39(41)47(40-18-6-8-20-42(40)48)33-26-24-31(25-27-33)34-28-29-43-45(30-34)36-15-3-4-16-38(36)49-44-21-9-10-23-46(44)51-50(43)49/h1-30H. The zero-order valence-electron chi connectivity index (χ0n) is 27.7. The molecule has 0 fully saturated rings. The Hall–Kier alpha value is -6.28. The van der Waals surface area contributed by atoms with Crippen LogP contribution in [0.3, 0.4) is 0 Å². The minimum absolute atomic E-state index is 1.22. The summed E-state index contributed by atoms with van der Waals surface area (Å²) in [6, 6.07) is 67.3. The van der Waals surface area contributed by atoms with Gasteiger partial charge in [-0.1, -0.05) is 170 Å². The molecule has 1 heteroatoms. The summed E-state index contributed by atoms with van der Waals surface area (Å²) in [5, 5.41) is 15.7. The fourth-order valence-corrected chi connectivity index (χ4v) is 9.84. The van der Waals surface area contributed by atoms with E-state index in [0.717, 1.165) is 0 Å². The first-order valence-electron chi connectivity index (χ1n) is 17.6. The zero-order valence-corrected chi connectivity index (χ0v) is 28.5. The maximum atomic E-state index is 2.40. The van der Waals surface area contributed by atoms with E-state index in [-0.39, 0.29) is 0 Å². The van der Waals surface area contributed by atoms with E-state index in [1.54, 1.807) is 0 Å². The van der Waals surface area contributed by atoms with Gasteiger partial charge in [-0.25, -0.2) is 0 Å². The second-order valence-corrected chi connectivity index (χ2v) is 14.6. The van der Waals surface area contributed by atoms with Gasteiger partial charge in [-0.2, -0.15) is 0 Å². The number of benzene rings is 10. The van der Waals surface area contributed by atoms with Gasteiger partial charge in [0.2, 0.25) is 0 Å². The minimum atomic E-state index is 1.22. The molecule has 0 radical (unpaired) electrons. The number of thiophene rings is 1. The molecule has 0 aliphatic rings. The summed E-state index contributed by atoms with van der Waals surface area (Å²) in [6.45, 7) is 0. The quantitative estimate of drug-likeness (QED) is 0.130. The molecule has 0 saturated carbocycles. The van der Waals surface area contributed by atoms with Crippen LogP contribution in [0.1, 0.15) is 0 Å². The first kappa shape index (κ1) is 28.5. The van der Waals surface area contributed by atoms with Crippen LogP contribution in [-0.2, 0) is 0 Å². The van der Waals surface area contributed by atoms with Crippen molar-refractivity contribution < 1.29 is 0 Å². The van der Waals surface area contributed by atoms with Crippen molar-refractivity contribution in [2.45, 2.75) is 0 Å². The van der Waals surface area contributed by atoms with E-state index in [1.807, 2.05) is 11.3 Å². The Balaban J connectivity index is 1.10. The largest absolute Gasteiger partial charge is 0.135 e. The monoisotopic (exact) mass is 662 g/mol. The van der Waals surface area contributed by atoms with Gasteiger partial charge < -0.3 is 0 Å². The van der Waals surface area contributed by atoms with Gasteiger partial charge in [0.05, 0.1) is 0 Å². The lowest BCUT2D eigenvalue weighted by Crippen LogP contribution is -1.91. The number of fused-ring (bicyclic) bond motifs is 11. The first-order valence-corrected chi connectivity index (χ1v) is 18.4. The van der Waals surface area contributed by atoms with Crippen LogP contribution in [0.2, 0.25) is 0 Å². The fraction of sp³-hybridized carbons (Fsp3) is 0. The van der Waals surface area contributed by atoms with E-state index in [0.29, 0.717) is 0 Å². The Labute approximate surface area is 299 Å². The molecule has 0 saturated heterocycles. The Morgan fingerprint density at radius 1 is 0.294 bits per heavy atom. The number of hydrogen-bond acceptors (Lipinski definition) is 1. The second kappa shape index (κ2) is 11.1. The molecule has 1 heterocycles. The molecule has 11 aromatic rings. The van der Waals surface area contributed by atoms with Crippen LogP contribution in [0, 0.1) is 0 Å². The fourth-order valence-electron chi connectivity index (χ4n) is 8.59. The molecule has 10 aromatic carbocycles. The third kappa shape index (κ3) is 4.26.